The Labute approximate surface area is 121 Å². The lowest BCUT2D eigenvalue weighted by Gasteiger charge is -2.14. The first-order valence-electron chi connectivity index (χ1n) is 6.90. The first kappa shape index (κ1) is 13.8. The Morgan fingerprint density at radius 3 is 2.71 bits per heavy atom. The predicted octanol–water partition coefficient (Wildman–Crippen LogP) is 2.18. The number of halogens is 1. The summed E-state index contributed by atoms with van der Waals surface area (Å²) in [6.45, 7) is 0. The van der Waals surface area contributed by atoms with E-state index in [-0.39, 0.29) is 11.7 Å². The Hall–Kier alpha value is -2.21. The van der Waals surface area contributed by atoms with Gasteiger partial charge in [0.15, 0.2) is 5.69 Å². The highest BCUT2D eigenvalue weighted by molar-refractivity contribution is 5.93. The molecule has 5 nitrogen and oxygen atoms in total. The fourth-order valence-corrected chi connectivity index (χ4v) is 2.72. The minimum absolute atomic E-state index is 0.294. The summed E-state index contributed by atoms with van der Waals surface area (Å²) in [5.41, 5.74) is 5.43. The number of rotatable bonds is 3. The number of aromatic nitrogens is 2. The Kier molecular flexibility index (Phi) is 3.70. The Balaban J connectivity index is 2.08. The topological polar surface area (TPSA) is 56.1 Å². The molecule has 1 aromatic heterocycles. The van der Waals surface area contributed by atoms with Gasteiger partial charge >= 0.3 is 0 Å². The minimum Gasteiger partial charge on any atom is -0.277 e. The summed E-state index contributed by atoms with van der Waals surface area (Å²) in [7, 11) is 1.39. The molecule has 0 radical (unpaired) electrons. The number of hydroxylamine groups is 1. The van der Waals surface area contributed by atoms with Gasteiger partial charge in [-0.3, -0.25) is 9.63 Å². The molecule has 6 heteroatoms. The summed E-state index contributed by atoms with van der Waals surface area (Å²) in [6, 6.07) is 6.10. The van der Waals surface area contributed by atoms with Crippen LogP contribution < -0.4 is 5.48 Å². The number of carbonyl (C=O) groups is 1. The SMILES string of the molecule is CONC(=O)c1nn(-c2ccc(F)cc2)c2c1CCCC2. The zero-order valence-corrected chi connectivity index (χ0v) is 11.7. The maximum absolute atomic E-state index is 13.1. The van der Waals surface area contributed by atoms with Gasteiger partial charge in [-0.2, -0.15) is 5.10 Å². The quantitative estimate of drug-likeness (QED) is 0.881. The van der Waals surface area contributed by atoms with Crippen LogP contribution in [0.5, 0.6) is 0 Å². The molecule has 0 spiro atoms. The number of hydrogen-bond acceptors (Lipinski definition) is 3. The average molecular weight is 289 g/mol. The van der Waals surface area contributed by atoms with Crippen molar-refractivity contribution in [3.63, 3.8) is 0 Å². The van der Waals surface area contributed by atoms with Crippen molar-refractivity contribution in [1.29, 1.82) is 0 Å². The van der Waals surface area contributed by atoms with E-state index < -0.39 is 0 Å². The van der Waals surface area contributed by atoms with Gasteiger partial charge in [0.2, 0.25) is 0 Å². The Bertz CT molecular complexity index is 664. The monoisotopic (exact) mass is 289 g/mol. The van der Waals surface area contributed by atoms with Gasteiger partial charge in [0.1, 0.15) is 5.82 Å². The van der Waals surface area contributed by atoms with Crippen LogP contribution in [0.4, 0.5) is 4.39 Å². The van der Waals surface area contributed by atoms with Gasteiger partial charge in [-0.15, -0.1) is 0 Å². The van der Waals surface area contributed by atoms with Crippen molar-refractivity contribution in [3.8, 4) is 5.69 Å². The smallest absolute Gasteiger partial charge is 0.277 e. The molecule has 0 unspecified atom stereocenters. The van der Waals surface area contributed by atoms with Crippen LogP contribution in [0.25, 0.3) is 5.69 Å². The van der Waals surface area contributed by atoms with Crippen LogP contribution in [-0.2, 0) is 17.7 Å². The summed E-state index contributed by atoms with van der Waals surface area (Å²) in [4.78, 5) is 16.7. The molecule has 1 aromatic carbocycles. The third kappa shape index (κ3) is 2.54. The van der Waals surface area contributed by atoms with Crippen molar-refractivity contribution in [2.24, 2.45) is 0 Å². The predicted molar refractivity (Wildman–Crippen MR) is 74.6 cm³/mol. The second kappa shape index (κ2) is 5.65. The highest BCUT2D eigenvalue weighted by Gasteiger charge is 2.25. The van der Waals surface area contributed by atoms with E-state index in [0.717, 1.165) is 42.6 Å². The van der Waals surface area contributed by atoms with E-state index in [9.17, 15) is 9.18 Å². The number of nitrogens with zero attached hydrogens (tertiary/aromatic N) is 2. The van der Waals surface area contributed by atoms with E-state index in [1.54, 1.807) is 16.8 Å². The second-order valence-corrected chi connectivity index (χ2v) is 5.00. The first-order chi connectivity index (χ1) is 10.2. The highest BCUT2D eigenvalue weighted by Crippen LogP contribution is 2.27. The Morgan fingerprint density at radius 2 is 2.00 bits per heavy atom. The molecule has 0 saturated carbocycles. The second-order valence-electron chi connectivity index (χ2n) is 5.00. The van der Waals surface area contributed by atoms with Gasteiger partial charge in [-0.1, -0.05) is 0 Å². The van der Waals surface area contributed by atoms with E-state index in [4.69, 9.17) is 0 Å². The number of benzene rings is 1. The van der Waals surface area contributed by atoms with Crippen LogP contribution in [0, 0.1) is 5.82 Å². The molecule has 0 atom stereocenters. The number of hydrogen-bond donors (Lipinski definition) is 1. The number of carbonyl (C=O) groups excluding carboxylic acids is 1. The van der Waals surface area contributed by atoms with Crippen LogP contribution >= 0.6 is 0 Å². The van der Waals surface area contributed by atoms with Crippen LogP contribution in [0.15, 0.2) is 24.3 Å². The van der Waals surface area contributed by atoms with Crippen molar-refractivity contribution < 1.29 is 14.0 Å². The molecule has 1 aliphatic rings. The van der Waals surface area contributed by atoms with Gasteiger partial charge in [0, 0.05) is 11.3 Å². The molecule has 1 aliphatic carbocycles. The van der Waals surface area contributed by atoms with Gasteiger partial charge in [-0.25, -0.2) is 14.6 Å². The lowest BCUT2D eigenvalue weighted by molar-refractivity contribution is 0.0531. The molecule has 1 amide bonds. The molecule has 110 valence electrons. The molecule has 1 N–H and O–H groups in total. The molecular formula is C15H16FN3O2. The Morgan fingerprint density at radius 1 is 1.29 bits per heavy atom. The molecular weight excluding hydrogens is 273 g/mol. The lowest BCUT2D eigenvalue weighted by Crippen LogP contribution is -2.23. The summed E-state index contributed by atoms with van der Waals surface area (Å²) >= 11 is 0. The van der Waals surface area contributed by atoms with Crippen molar-refractivity contribution >= 4 is 5.91 Å². The minimum atomic E-state index is -0.350. The fraction of sp³-hybridized carbons (Fsp3) is 0.333. The maximum atomic E-state index is 13.1. The molecule has 2 aromatic rings. The van der Waals surface area contributed by atoms with Crippen molar-refractivity contribution in [2.45, 2.75) is 25.7 Å². The molecule has 3 rings (SSSR count). The van der Waals surface area contributed by atoms with Crippen LogP contribution in [-0.4, -0.2) is 22.8 Å². The molecule has 0 fully saturated rings. The summed E-state index contributed by atoms with van der Waals surface area (Å²) < 4.78 is 14.8. The summed E-state index contributed by atoms with van der Waals surface area (Å²) in [6.07, 6.45) is 3.78. The summed E-state index contributed by atoms with van der Waals surface area (Å²) in [5.74, 6) is -0.645. The van der Waals surface area contributed by atoms with Gasteiger partial charge in [0.25, 0.3) is 5.91 Å². The fourth-order valence-electron chi connectivity index (χ4n) is 2.72. The zero-order chi connectivity index (χ0) is 14.8. The number of nitrogens with one attached hydrogen (secondary N) is 1. The van der Waals surface area contributed by atoms with Crippen LogP contribution in [0.2, 0.25) is 0 Å². The molecule has 1 heterocycles. The first-order valence-corrected chi connectivity index (χ1v) is 6.90. The normalized spacial score (nSPS) is 13.8. The van der Waals surface area contributed by atoms with E-state index in [1.165, 1.54) is 19.2 Å². The summed E-state index contributed by atoms with van der Waals surface area (Å²) in [5, 5.41) is 4.41. The van der Waals surface area contributed by atoms with E-state index >= 15 is 0 Å². The molecule has 0 aliphatic heterocycles. The molecule has 0 saturated heterocycles. The van der Waals surface area contributed by atoms with Crippen LogP contribution in [0.1, 0.15) is 34.6 Å². The van der Waals surface area contributed by atoms with Gasteiger partial charge in [0.05, 0.1) is 12.8 Å². The van der Waals surface area contributed by atoms with Crippen molar-refractivity contribution in [3.05, 3.63) is 47.0 Å². The van der Waals surface area contributed by atoms with Gasteiger partial charge < -0.3 is 0 Å². The average Bonchev–Trinajstić information content (AvgIpc) is 2.88. The molecule has 0 bridgehead atoms. The van der Waals surface area contributed by atoms with Crippen LogP contribution in [0.3, 0.4) is 0 Å². The standard InChI is InChI=1S/C15H16FN3O2/c1-21-18-15(20)14-12-4-2-3-5-13(12)19(17-14)11-8-6-10(16)7-9-11/h6-9H,2-5H2,1H3,(H,18,20). The van der Waals surface area contributed by atoms with Crippen molar-refractivity contribution in [1.82, 2.24) is 15.3 Å². The zero-order valence-electron chi connectivity index (χ0n) is 11.7. The maximum Gasteiger partial charge on any atom is 0.295 e. The lowest BCUT2D eigenvalue weighted by atomic mass is 9.95. The van der Waals surface area contributed by atoms with E-state index in [1.807, 2.05) is 0 Å². The highest BCUT2D eigenvalue weighted by atomic mass is 19.1. The van der Waals surface area contributed by atoms with E-state index in [0.29, 0.717) is 5.69 Å². The number of fused-ring (bicyclic) bond motifs is 1. The largest absolute Gasteiger partial charge is 0.295 e. The van der Waals surface area contributed by atoms with Crippen molar-refractivity contribution in [2.75, 3.05) is 7.11 Å². The van der Waals surface area contributed by atoms with Gasteiger partial charge in [-0.05, 0) is 49.9 Å². The van der Waals surface area contributed by atoms with E-state index in [2.05, 4.69) is 15.4 Å². The number of amides is 1. The third-order valence-electron chi connectivity index (χ3n) is 3.66. The third-order valence-corrected chi connectivity index (χ3v) is 3.66. The molecule has 21 heavy (non-hydrogen) atoms.